The summed E-state index contributed by atoms with van der Waals surface area (Å²) in [5.74, 6) is 0.800. The van der Waals surface area contributed by atoms with Gasteiger partial charge >= 0.3 is 5.97 Å². The van der Waals surface area contributed by atoms with E-state index in [-0.39, 0.29) is 5.97 Å². The summed E-state index contributed by atoms with van der Waals surface area (Å²) in [7, 11) is 4.41. The van der Waals surface area contributed by atoms with E-state index in [9.17, 15) is 4.79 Å². The third-order valence-electron chi connectivity index (χ3n) is 6.14. The zero-order chi connectivity index (χ0) is 24.5. The van der Waals surface area contributed by atoms with Gasteiger partial charge in [-0.15, -0.1) is 0 Å². The maximum atomic E-state index is 12.1. The number of carbonyl (C=O) groups excluding carboxylic acids is 1. The van der Waals surface area contributed by atoms with Crippen LogP contribution in [-0.2, 0) is 22.5 Å². The zero-order valence-electron chi connectivity index (χ0n) is 21.8. The number of hydrogen-bond donors (Lipinski definition) is 0. The molecule has 34 heavy (non-hydrogen) atoms. The molecule has 0 heterocycles. The molecular weight excluding hydrogens is 422 g/mol. The van der Waals surface area contributed by atoms with Crippen molar-refractivity contribution in [2.24, 2.45) is 0 Å². The highest BCUT2D eigenvalue weighted by Crippen LogP contribution is 2.17. The quantitative estimate of drug-likeness (QED) is 0.135. The maximum Gasteiger partial charge on any atom is 0.306 e. The predicted octanol–water partition coefficient (Wildman–Crippen LogP) is 6.96. The topological polar surface area (TPSA) is 35.5 Å². The lowest BCUT2D eigenvalue weighted by Crippen LogP contribution is -2.39. The van der Waals surface area contributed by atoms with Gasteiger partial charge in [-0.3, -0.25) is 4.79 Å². The Hall–Kier alpha value is -2.33. The van der Waals surface area contributed by atoms with E-state index < -0.39 is 0 Å². The van der Waals surface area contributed by atoms with Crippen molar-refractivity contribution in [3.05, 3.63) is 65.7 Å². The first kappa shape index (κ1) is 27.9. The molecule has 0 amide bonds. The molecule has 2 aromatic carbocycles. The summed E-state index contributed by atoms with van der Waals surface area (Å²) in [6, 6.07) is 18.9. The highest BCUT2D eigenvalue weighted by atomic mass is 16.5. The van der Waals surface area contributed by atoms with E-state index in [1.54, 1.807) is 0 Å². The fourth-order valence-electron chi connectivity index (χ4n) is 4.22. The van der Waals surface area contributed by atoms with Gasteiger partial charge in [0.25, 0.3) is 0 Å². The number of hydrogen-bond acceptors (Lipinski definition) is 3. The molecule has 0 saturated carbocycles. The van der Waals surface area contributed by atoms with Crippen LogP contribution >= 0.6 is 0 Å². The van der Waals surface area contributed by atoms with Crippen LogP contribution in [0.25, 0.3) is 0 Å². The minimum atomic E-state index is -0.111. The van der Waals surface area contributed by atoms with E-state index in [1.807, 2.05) is 12.1 Å². The standard InChI is InChI=1S/C30H46NO3/c1-4-5-6-7-8-10-16-27-19-13-20-29(25-27)33-23-15-24-34-30(32)21-14-22-31(2,3)26-28-17-11-9-12-18-28/h9,11-13,17-20,25H,4-8,10,14-16,21-24,26H2,1-3H3/q+1. The lowest BCUT2D eigenvalue weighted by Gasteiger charge is -2.29. The van der Waals surface area contributed by atoms with Gasteiger partial charge in [0, 0.05) is 18.4 Å². The van der Waals surface area contributed by atoms with E-state index in [0.29, 0.717) is 26.1 Å². The van der Waals surface area contributed by atoms with Crippen molar-refractivity contribution in [3.63, 3.8) is 0 Å². The Balaban J connectivity index is 1.53. The van der Waals surface area contributed by atoms with Gasteiger partial charge < -0.3 is 14.0 Å². The number of unbranched alkanes of at least 4 members (excludes halogenated alkanes) is 5. The van der Waals surface area contributed by atoms with Crippen LogP contribution in [-0.4, -0.2) is 44.3 Å². The van der Waals surface area contributed by atoms with E-state index in [0.717, 1.165) is 36.2 Å². The highest BCUT2D eigenvalue weighted by molar-refractivity contribution is 5.69. The smallest absolute Gasteiger partial charge is 0.306 e. The second-order valence-electron chi connectivity index (χ2n) is 9.99. The van der Waals surface area contributed by atoms with Gasteiger partial charge in [0.05, 0.1) is 40.3 Å². The molecule has 0 aliphatic carbocycles. The molecule has 0 spiro atoms. The molecular formula is C30H46NO3+. The van der Waals surface area contributed by atoms with Crippen molar-refractivity contribution in [1.82, 2.24) is 0 Å². The van der Waals surface area contributed by atoms with Crippen LogP contribution in [0.3, 0.4) is 0 Å². The average molecular weight is 469 g/mol. The first-order chi connectivity index (χ1) is 16.5. The van der Waals surface area contributed by atoms with Gasteiger partial charge in [0.1, 0.15) is 12.3 Å². The normalized spacial score (nSPS) is 11.4. The van der Waals surface area contributed by atoms with E-state index >= 15 is 0 Å². The highest BCUT2D eigenvalue weighted by Gasteiger charge is 2.16. The van der Waals surface area contributed by atoms with E-state index in [4.69, 9.17) is 9.47 Å². The summed E-state index contributed by atoms with van der Waals surface area (Å²) in [5.41, 5.74) is 2.66. The Kier molecular flexibility index (Phi) is 13.4. The van der Waals surface area contributed by atoms with Gasteiger partial charge in [0.15, 0.2) is 0 Å². The summed E-state index contributed by atoms with van der Waals surface area (Å²) >= 11 is 0. The SMILES string of the molecule is CCCCCCCCc1cccc(OCCCOC(=O)CCC[N+](C)(C)Cc2ccccc2)c1. The molecule has 2 aromatic rings. The third kappa shape index (κ3) is 12.8. The molecule has 0 unspecified atom stereocenters. The lowest BCUT2D eigenvalue weighted by molar-refractivity contribution is -0.903. The van der Waals surface area contributed by atoms with Crippen LogP contribution in [0, 0.1) is 0 Å². The molecule has 4 heteroatoms. The predicted molar refractivity (Wildman–Crippen MR) is 141 cm³/mol. The fraction of sp³-hybridized carbons (Fsp3) is 0.567. The fourth-order valence-corrected chi connectivity index (χ4v) is 4.22. The monoisotopic (exact) mass is 468 g/mol. The molecule has 0 aromatic heterocycles. The first-order valence-electron chi connectivity index (χ1n) is 13.2. The maximum absolute atomic E-state index is 12.1. The van der Waals surface area contributed by atoms with E-state index in [2.05, 4.69) is 63.5 Å². The van der Waals surface area contributed by atoms with Crippen LogP contribution in [0.4, 0.5) is 0 Å². The van der Waals surface area contributed by atoms with Crippen LogP contribution in [0.2, 0.25) is 0 Å². The largest absolute Gasteiger partial charge is 0.493 e. The van der Waals surface area contributed by atoms with Gasteiger partial charge in [-0.05, 0) is 30.5 Å². The van der Waals surface area contributed by atoms with Crippen LogP contribution in [0.1, 0.15) is 75.8 Å². The summed E-state index contributed by atoms with van der Waals surface area (Å²) in [5, 5.41) is 0. The van der Waals surface area contributed by atoms with Crippen molar-refractivity contribution >= 4 is 5.97 Å². The number of benzene rings is 2. The lowest BCUT2D eigenvalue weighted by atomic mass is 10.0. The number of ether oxygens (including phenoxy) is 2. The van der Waals surface area contributed by atoms with Gasteiger partial charge in [-0.1, -0.05) is 81.5 Å². The number of quaternary nitrogens is 1. The third-order valence-corrected chi connectivity index (χ3v) is 6.14. The van der Waals surface area contributed by atoms with Crippen molar-refractivity contribution < 1.29 is 18.8 Å². The minimum absolute atomic E-state index is 0.111. The van der Waals surface area contributed by atoms with Gasteiger partial charge in [0.2, 0.25) is 0 Å². The summed E-state index contributed by atoms with van der Waals surface area (Å²) < 4.78 is 12.1. The van der Waals surface area contributed by atoms with Gasteiger partial charge in [-0.2, -0.15) is 0 Å². The van der Waals surface area contributed by atoms with Crippen LogP contribution in [0.15, 0.2) is 54.6 Å². The Morgan fingerprint density at radius 1 is 0.794 bits per heavy atom. The molecule has 0 aliphatic heterocycles. The number of carbonyl (C=O) groups is 1. The number of esters is 1. The Morgan fingerprint density at radius 3 is 2.32 bits per heavy atom. The summed E-state index contributed by atoms with van der Waals surface area (Å²) in [6.45, 7) is 5.15. The van der Waals surface area contributed by atoms with Gasteiger partial charge in [-0.25, -0.2) is 0 Å². The molecule has 0 aliphatic rings. The van der Waals surface area contributed by atoms with Crippen molar-refractivity contribution in [1.29, 1.82) is 0 Å². The number of rotatable bonds is 18. The zero-order valence-corrected chi connectivity index (χ0v) is 21.8. The minimum Gasteiger partial charge on any atom is -0.493 e. The molecule has 0 atom stereocenters. The number of aryl methyl sites for hydroxylation is 1. The Bertz CT molecular complexity index is 804. The summed E-state index contributed by atoms with van der Waals surface area (Å²) in [6.07, 6.45) is 11.0. The Morgan fingerprint density at radius 2 is 1.53 bits per heavy atom. The van der Waals surface area contributed by atoms with Crippen molar-refractivity contribution in [3.8, 4) is 5.75 Å². The molecule has 0 saturated heterocycles. The molecule has 188 valence electrons. The molecule has 0 bridgehead atoms. The molecule has 0 N–H and O–H groups in total. The second-order valence-corrected chi connectivity index (χ2v) is 9.99. The molecule has 4 nitrogen and oxygen atoms in total. The van der Waals surface area contributed by atoms with Crippen LogP contribution < -0.4 is 4.74 Å². The van der Waals surface area contributed by atoms with Crippen molar-refractivity contribution in [2.75, 3.05) is 33.9 Å². The molecule has 2 rings (SSSR count). The second kappa shape index (κ2) is 16.3. The first-order valence-corrected chi connectivity index (χ1v) is 13.2. The van der Waals surface area contributed by atoms with Crippen LogP contribution in [0.5, 0.6) is 5.75 Å². The Labute approximate surface area is 207 Å². The average Bonchev–Trinajstić information content (AvgIpc) is 2.81. The number of nitrogens with zero attached hydrogens (tertiary/aromatic N) is 1. The van der Waals surface area contributed by atoms with E-state index in [1.165, 1.54) is 49.7 Å². The summed E-state index contributed by atoms with van der Waals surface area (Å²) in [4.78, 5) is 12.1. The molecule has 0 radical (unpaired) electrons. The molecule has 0 fully saturated rings. The van der Waals surface area contributed by atoms with Crippen molar-refractivity contribution in [2.45, 2.75) is 77.7 Å².